The van der Waals surface area contributed by atoms with Crippen LogP contribution in [0.1, 0.15) is 12.0 Å². The molecule has 1 atom stereocenters. The quantitative estimate of drug-likeness (QED) is 0.789. The van der Waals surface area contributed by atoms with Crippen LogP contribution in [0.25, 0.3) is 0 Å². The van der Waals surface area contributed by atoms with Gasteiger partial charge in [-0.2, -0.15) is 0 Å². The van der Waals surface area contributed by atoms with Gasteiger partial charge in [-0.05, 0) is 36.8 Å². The number of nitrogens with zero attached hydrogens (tertiary/aromatic N) is 2. The van der Waals surface area contributed by atoms with Gasteiger partial charge in [0.05, 0.1) is 7.11 Å². The fourth-order valence-electron chi connectivity index (χ4n) is 2.73. The number of thioether (sulfide) groups is 1. The first-order chi connectivity index (χ1) is 13.4. The number of para-hydroxylation sites is 1. The van der Waals surface area contributed by atoms with Crippen molar-refractivity contribution in [3.8, 4) is 5.75 Å². The van der Waals surface area contributed by atoms with E-state index in [1.165, 1.54) is 16.7 Å². The predicted octanol–water partition coefficient (Wildman–Crippen LogP) is 4.25. The smallest absolute Gasteiger partial charge is 0.242 e. The van der Waals surface area contributed by atoms with E-state index in [2.05, 4.69) is 10.3 Å². The summed E-state index contributed by atoms with van der Waals surface area (Å²) in [5.41, 5.74) is 2.24. The first-order valence-corrected chi connectivity index (χ1v) is 9.86. The molecule has 0 unspecified atom stereocenters. The summed E-state index contributed by atoms with van der Waals surface area (Å²) in [5, 5.41) is 3.35. The monoisotopic (exact) mass is 417 g/mol. The van der Waals surface area contributed by atoms with E-state index in [1.54, 1.807) is 32.4 Å². The van der Waals surface area contributed by atoms with Gasteiger partial charge in [-0.1, -0.05) is 41.6 Å². The Morgan fingerprint density at radius 2 is 2.07 bits per heavy atom. The molecular weight excluding hydrogens is 398 g/mol. The Bertz CT molecular complexity index is 948. The van der Waals surface area contributed by atoms with Gasteiger partial charge < -0.3 is 10.1 Å². The minimum absolute atomic E-state index is 0.0634. The highest BCUT2D eigenvalue weighted by atomic mass is 35.5. The van der Waals surface area contributed by atoms with E-state index in [0.29, 0.717) is 21.6 Å². The number of ether oxygens (including phenoxy) is 1. The number of aryl methyl sites for hydroxylation is 1. The number of rotatable bonds is 5. The lowest BCUT2D eigenvalue weighted by molar-refractivity contribution is -0.127. The summed E-state index contributed by atoms with van der Waals surface area (Å²) in [5.74, 6) is 0.180. The average Bonchev–Trinajstić information content (AvgIpc) is 2.92. The molecule has 1 aliphatic rings. The summed E-state index contributed by atoms with van der Waals surface area (Å²) in [6.07, 6.45) is 0.0634. The lowest BCUT2D eigenvalue weighted by Crippen LogP contribution is -2.30. The fourth-order valence-corrected chi connectivity index (χ4v) is 4.05. The van der Waals surface area contributed by atoms with Gasteiger partial charge in [0.25, 0.3) is 0 Å². The third kappa shape index (κ3) is 4.48. The molecule has 2 amide bonds. The molecule has 6 nitrogen and oxygen atoms in total. The van der Waals surface area contributed by atoms with Gasteiger partial charge in [0.1, 0.15) is 16.7 Å². The lowest BCUT2D eigenvalue weighted by atomic mass is 10.2. The van der Waals surface area contributed by atoms with Crippen LogP contribution in [0.4, 0.5) is 11.4 Å². The molecule has 1 aliphatic heterocycles. The summed E-state index contributed by atoms with van der Waals surface area (Å²) in [6, 6.07) is 12.6. The van der Waals surface area contributed by atoms with Gasteiger partial charge in [0.2, 0.25) is 11.8 Å². The fraction of sp³-hybridized carbons (Fsp3) is 0.250. The molecule has 0 aromatic heterocycles. The number of hydrogen-bond acceptors (Lipinski definition) is 5. The normalized spacial score (nSPS) is 17.9. The predicted molar refractivity (Wildman–Crippen MR) is 114 cm³/mol. The molecule has 1 fully saturated rings. The Kier molecular flexibility index (Phi) is 6.26. The number of anilines is 1. The van der Waals surface area contributed by atoms with Crippen molar-refractivity contribution < 1.29 is 14.3 Å². The summed E-state index contributed by atoms with van der Waals surface area (Å²) in [7, 11) is 3.19. The maximum Gasteiger partial charge on any atom is 0.242 e. The molecule has 1 saturated heterocycles. The Morgan fingerprint density at radius 1 is 1.32 bits per heavy atom. The number of halogens is 1. The zero-order chi connectivity index (χ0) is 20.3. The molecule has 2 aromatic rings. The summed E-state index contributed by atoms with van der Waals surface area (Å²) >= 11 is 7.30. The number of nitrogens with one attached hydrogen (secondary N) is 1. The molecule has 0 radical (unpaired) electrons. The third-order valence-corrected chi connectivity index (χ3v) is 5.75. The van der Waals surface area contributed by atoms with Crippen LogP contribution >= 0.6 is 23.4 Å². The minimum atomic E-state index is -0.530. The van der Waals surface area contributed by atoms with E-state index in [1.807, 2.05) is 31.2 Å². The largest absolute Gasteiger partial charge is 0.494 e. The Labute approximate surface area is 172 Å². The second-order valence-corrected chi connectivity index (χ2v) is 7.89. The lowest BCUT2D eigenvalue weighted by Gasteiger charge is -2.11. The van der Waals surface area contributed by atoms with Crippen molar-refractivity contribution >= 4 is 51.7 Å². The first-order valence-electron chi connectivity index (χ1n) is 8.61. The van der Waals surface area contributed by atoms with Crippen molar-refractivity contribution in [1.82, 2.24) is 4.90 Å². The van der Waals surface area contributed by atoms with Gasteiger partial charge in [-0.3, -0.25) is 14.5 Å². The standard InChI is InChI=1S/C20H20ClN3O3S/c1-12-6-4-5-7-14(12)22-18(25)11-17-19(26)24(2)20(28-17)23-15-10-13(21)8-9-16(15)27-3/h4-10,17H,11H2,1-3H3,(H,22,25)/t17-/m0/s1. The van der Waals surface area contributed by atoms with Crippen molar-refractivity contribution in [2.75, 3.05) is 19.5 Å². The Hall–Kier alpha value is -2.51. The van der Waals surface area contributed by atoms with Crippen molar-refractivity contribution in [3.05, 3.63) is 53.1 Å². The Balaban J connectivity index is 1.74. The first kappa shape index (κ1) is 20.2. The number of carbonyl (C=O) groups excluding carboxylic acids is 2. The molecule has 1 heterocycles. The molecule has 0 bridgehead atoms. The maximum atomic E-state index is 12.6. The van der Waals surface area contributed by atoms with Crippen LogP contribution in [0.15, 0.2) is 47.5 Å². The number of amides is 2. The number of benzene rings is 2. The second kappa shape index (κ2) is 8.67. The highest BCUT2D eigenvalue weighted by Gasteiger charge is 2.37. The van der Waals surface area contributed by atoms with Gasteiger partial charge in [0.15, 0.2) is 5.17 Å². The van der Waals surface area contributed by atoms with Gasteiger partial charge >= 0.3 is 0 Å². The molecule has 0 spiro atoms. The molecule has 3 rings (SSSR count). The van der Waals surface area contributed by atoms with Crippen molar-refractivity contribution in [2.24, 2.45) is 4.99 Å². The molecule has 146 valence electrons. The molecule has 0 saturated carbocycles. The van der Waals surface area contributed by atoms with E-state index in [9.17, 15) is 9.59 Å². The number of carbonyl (C=O) groups is 2. The molecule has 8 heteroatoms. The molecule has 1 N–H and O–H groups in total. The zero-order valence-corrected chi connectivity index (χ0v) is 17.3. The average molecular weight is 418 g/mol. The van der Waals surface area contributed by atoms with Crippen LogP contribution in [-0.4, -0.2) is 41.3 Å². The van der Waals surface area contributed by atoms with E-state index in [4.69, 9.17) is 16.3 Å². The Morgan fingerprint density at radius 3 is 2.79 bits per heavy atom. The highest BCUT2D eigenvalue weighted by Crippen LogP contribution is 2.35. The zero-order valence-electron chi connectivity index (χ0n) is 15.7. The van der Waals surface area contributed by atoms with Crippen molar-refractivity contribution in [3.63, 3.8) is 0 Å². The number of hydrogen-bond donors (Lipinski definition) is 1. The van der Waals surface area contributed by atoms with Gasteiger partial charge in [-0.15, -0.1) is 0 Å². The van der Waals surface area contributed by atoms with E-state index in [-0.39, 0.29) is 18.2 Å². The van der Waals surface area contributed by atoms with E-state index in [0.717, 1.165) is 11.3 Å². The maximum absolute atomic E-state index is 12.6. The SMILES string of the molecule is COc1ccc(Cl)cc1N=C1S[C@@H](CC(=O)Nc2ccccc2C)C(=O)N1C. The van der Waals surface area contributed by atoms with Crippen LogP contribution in [-0.2, 0) is 9.59 Å². The third-order valence-electron chi connectivity index (χ3n) is 4.29. The molecule has 2 aromatic carbocycles. The molecule has 0 aliphatic carbocycles. The number of aliphatic imine (C=N–C) groups is 1. The van der Waals surface area contributed by atoms with Crippen molar-refractivity contribution in [1.29, 1.82) is 0 Å². The minimum Gasteiger partial charge on any atom is -0.494 e. The number of methoxy groups -OCH3 is 1. The molecule has 28 heavy (non-hydrogen) atoms. The van der Waals surface area contributed by atoms with Crippen LogP contribution in [0.5, 0.6) is 5.75 Å². The van der Waals surface area contributed by atoms with Gasteiger partial charge in [0, 0.05) is 24.2 Å². The molecular formula is C20H20ClN3O3S. The summed E-state index contributed by atoms with van der Waals surface area (Å²) < 4.78 is 5.30. The van der Waals surface area contributed by atoms with Crippen LogP contribution in [0, 0.1) is 6.92 Å². The number of amidine groups is 1. The highest BCUT2D eigenvalue weighted by molar-refractivity contribution is 8.15. The summed E-state index contributed by atoms with van der Waals surface area (Å²) in [6.45, 7) is 1.92. The van der Waals surface area contributed by atoms with Crippen LogP contribution < -0.4 is 10.1 Å². The van der Waals surface area contributed by atoms with Gasteiger partial charge in [-0.25, -0.2) is 4.99 Å². The van der Waals surface area contributed by atoms with Crippen LogP contribution in [0.3, 0.4) is 0 Å². The van der Waals surface area contributed by atoms with E-state index >= 15 is 0 Å². The van der Waals surface area contributed by atoms with E-state index < -0.39 is 5.25 Å². The topological polar surface area (TPSA) is 71.0 Å². The van der Waals surface area contributed by atoms with Crippen molar-refractivity contribution in [2.45, 2.75) is 18.6 Å². The summed E-state index contributed by atoms with van der Waals surface area (Å²) in [4.78, 5) is 31.0. The second-order valence-electron chi connectivity index (χ2n) is 6.28. The van der Waals surface area contributed by atoms with Crippen LogP contribution in [0.2, 0.25) is 5.02 Å².